The molecule has 0 radical (unpaired) electrons. The van der Waals surface area contributed by atoms with E-state index in [0.717, 1.165) is 44.8 Å². The molecular formula is C16H20N4O3. The van der Waals surface area contributed by atoms with E-state index in [-0.39, 0.29) is 11.6 Å². The van der Waals surface area contributed by atoms with Crippen LogP contribution in [0.2, 0.25) is 0 Å². The van der Waals surface area contributed by atoms with E-state index in [1.165, 1.54) is 19.2 Å². The first kappa shape index (κ1) is 16.8. The third-order valence-electron chi connectivity index (χ3n) is 3.95. The Bertz CT molecular complexity index is 631. The summed E-state index contributed by atoms with van der Waals surface area (Å²) in [6, 6.07) is 4.42. The van der Waals surface area contributed by atoms with Crippen LogP contribution >= 0.6 is 0 Å². The Hall–Kier alpha value is -2.59. The molecule has 1 heterocycles. The minimum absolute atomic E-state index is 0.0833. The summed E-state index contributed by atoms with van der Waals surface area (Å²) in [5, 5.41) is 13.5. The lowest BCUT2D eigenvalue weighted by Crippen LogP contribution is -2.47. The summed E-state index contributed by atoms with van der Waals surface area (Å²) in [5.74, 6) is 2.31. The molecule has 0 bridgehead atoms. The molecule has 1 N–H and O–H groups in total. The first-order valence-corrected chi connectivity index (χ1v) is 7.48. The monoisotopic (exact) mass is 316 g/mol. The van der Waals surface area contributed by atoms with E-state index in [1.807, 2.05) is 0 Å². The maximum Gasteiger partial charge on any atom is 0.270 e. The van der Waals surface area contributed by atoms with Crippen molar-refractivity contribution in [2.75, 3.05) is 44.7 Å². The number of terminal acetylenes is 1. The van der Waals surface area contributed by atoms with Crippen molar-refractivity contribution in [2.24, 2.45) is 0 Å². The van der Waals surface area contributed by atoms with Crippen molar-refractivity contribution in [3.63, 3.8) is 0 Å². The molecule has 0 atom stereocenters. The number of amides is 1. The van der Waals surface area contributed by atoms with E-state index < -0.39 is 4.92 Å². The average Bonchev–Trinajstić information content (AvgIpc) is 2.59. The van der Waals surface area contributed by atoms with Crippen molar-refractivity contribution < 1.29 is 9.72 Å². The molecule has 0 aromatic heterocycles. The number of carbonyl (C=O) groups is 1. The highest BCUT2D eigenvalue weighted by Crippen LogP contribution is 2.26. The van der Waals surface area contributed by atoms with Gasteiger partial charge in [0.2, 0.25) is 0 Å². The summed E-state index contributed by atoms with van der Waals surface area (Å²) in [6.45, 7) is 4.09. The highest BCUT2D eigenvalue weighted by Gasteiger charge is 2.23. The van der Waals surface area contributed by atoms with E-state index in [4.69, 9.17) is 6.42 Å². The number of nitro groups is 1. The van der Waals surface area contributed by atoms with Crippen LogP contribution in [0.25, 0.3) is 0 Å². The lowest BCUT2D eigenvalue weighted by atomic mass is 10.1. The van der Waals surface area contributed by atoms with Crippen LogP contribution in [-0.2, 0) is 0 Å². The minimum Gasteiger partial charge on any atom is -0.368 e. The Morgan fingerprint density at radius 3 is 2.65 bits per heavy atom. The highest BCUT2D eigenvalue weighted by atomic mass is 16.6. The van der Waals surface area contributed by atoms with Gasteiger partial charge < -0.3 is 10.2 Å². The van der Waals surface area contributed by atoms with Crippen molar-refractivity contribution in [1.82, 2.24) is 10.2 Å². The molecule has 7 heteroatoms. The van der Waals surface area contributed by atoms with Crippen LogP contribution in [0.1, 0.15) is 16.8 Å². The molecular weight excluding hydrogens is 296 g/mol. The molecule has 7 nitrogen and oxygen atoms in total. The number of nitrogens with zero attached hydrogens (tertiary/aromatic N) is 3. The zero-order valence-corrected chi connectivity index (χ0v) is 13.1. The van der Waals surface area contributed by atoms with Gasteiger partial charge in [0.1, 0.15) is 0 Å². The molecule has 0 spiro atoms. The Balaban J connectivity index is 2.18. The molecule has 2 rings (SSSR count). The van der Waals surface area contributed by atoms with E-state index >= 15 is 0 Å². The number of carbonyl (C=O) groups excluding carboxylic acids is 1. The van der Waals surface area contributed by atoms with Crippen molar-refractivity contribution in [3.05, 3.63) is 33.9 Å². The quantitative estimate of drug-likeness (QED) is 0.500. The fraction of sp³-hybridized carbons (Fsp3) is 0.438. The van der Waals surface area contributed by atoms with Crippen molar-refractivity contribution in [1.29, 1.82) is 0 Å². The van der Waals surface area contributed by atoms with Gasteiger partial charge in [0.15, 0.2) is 0 Å². The molecule has 0 aliphatic carbocycles. The van der Waals surface area contributed by atoms with Crippen LogP contribution in [0.4, 0.5) is 11.4 Å². The Kier molecular flexibility index (Phi) is 5.55. The topological polar surface area (TPSA) is 78.7 Å². The number of benzene rings is 1. The molecule has 1 aliphatic rings. The first-order chi connectivity index (χ1) is 11.1. The number of non-ortho nitro benzene ring substituents is 1. The van der Waals surface area contributed by atoms with Crippen LogP contribution in [0.15, 0.2) is 18.2 Å². The van der Waals surface area contributed by atoms with Gasteiger partial charge in [-0.1, -0.05) is 0 Å². The van der Waals surface area contributed by atoms with Gasteiger partial charge in [0, 0.05) is 58.3 Å². The van der Waals surface area contributed by atoms with Crippen LogP contribution in [0.3, 0.4) is 0 Å². The molecule has 1 aromatic rings. The normalized spacial score (nSPS) is 15.0. The lowest BCUT2D eigenvalue weighted by Gasteiger charge is -2.36. The maximum atomic E-state index is 12.1. The molecule has 1 saturated heterocycles. The van der Waals surface area contributed by atoms with Gasteiger partial charge in [-0.3, -0.25) is 19.8 Å². The van der Waals surface area contributed by atoms with E-state index in [9.17, 15) is 14.9 Å². The van der Waals surface area contributed by atoms with Gasteiger partial charge in [0.05, 0.1) is 16.2 Å². The zero-order valence-electron chi connectivity index (χ0n) is 13.1. The fourth-order valence-electron chi connectivity index (χ4n) is 2.66. The van der Waals surface area contributed by atoms with Gasteiger partial charge in [-0.15, -0.1) is 12.3 Å². The number of piperazine rings is 1. The zero-order chi connectivity index (χ0) is 16.8. The van der Waals surface area contributed by atoms with Gasteiger partial charge in [-0.2, -0.15) is 0 Å². The summed E-state index contributed by atoms with van der Waals surface area (Å²) in [7, 11) is 1.52. The second-order valence-corrected chi connectivity index (χ2v) is 5.32. The number of nitrogens with one attached hydrogen (secondary N) is 1. The second kappa shape index (κ2) is 7.61. The summed E-state index contributed by atoms with van der Waals surface area (Å²) in [4.78, 5) is 26.9. The van der Waals surface area contributed by atoms with E-state index in [2.05, 4.69) is 21.0 Å². The number of rotatable bonds is 5. The fourth-order valence-corrected chi connectivity index (χ4v) is 2.66. The van der Waals surface area contributed by atoms with E-state index in [0.29, 0.717) is 5.56 Å². The number of hydrogen-bond donors (Lipinski definition) is 1. The van der Waals surface area contributed by atoms with Crippen molar-refractivity contribution >= 4 is 17.3 Å². The molecule has 0 unspecified atom stereocenters. The number of anilines is 1. The molecule has 1 amide bonds. The first-order valence-electron chi connectivity index (χ1n) is 7.48. The Morgan fingerprint density at radius 2 is 2.09 bits per heavy atom. The summed E-state index contributed by atoms with van der Waals surface area (Å²) in [6.07, 6.45) is 6.01. The standard InChI is InChI=1S/C16H20N4O3/c1-3-4-7-18-8-10-19(11-9-18)15-6-5-13(20(22)23)12-14(15)16(21)17-2/h1,5-6,12H,4,7-11H2,2H3,(H,17,21). The third-order valence-corrected chi connectivity index (χ3v) is 3.95. The second-order valence-electron chi connectivity index (χ2n) is 5.32. The van der Waals surface area contributed by atoms with Crippen LogP contribution in [0, 0.1) is 22.5 Å². The largest absolute Gasteiger partial charge is 0.368 e. The molecule has 1 fully saturated rings. The smallest absolute Gasteiger partial charge is 0.270 e. The summed E-state index contributed by atoms with van der Waals surface area (Å²) >= 11 is 0. The molecule has 122 valence electrons. The summed E-state index contributed by atoms with van der Waals surface area (Å²) < 4.78 is 0. The minimum atomic E-state index is -0.492. The molecule has 1 aliphatic heterocycles. The molecule has 23 heavy (non-hydrogen) atoms. The van der Waals surface area contributed by atoms with Gasteiger partial charge in [0.25, 0.3) is 11.6 Å². The Labute approximate surface area is 135 Å². The predicted molar refractivity (Wildman–Crippen MR) is 88.6 cm³/mol. The average molecular weight is 316 g/mol. The molecule has 1 aromatic carbocycles. The number of nitro benzene ring substituents is 1. The number of hydrogen-bond acceptors (Lipinski definition) is 5. The third kappa shape index (κ3) is 3.99. The predicted octanol–water partition coefficient (Wildman–Crippen LogP) is 1.10. The van der Waals surface area contributed by atoms with Crippen LogP contribution in [0.5, 0.6) is 0 Å². The highest BCUT2D eigenvalue weighted by molar-refractivity contribution is 6.00. The van der Waals surface area contributed by atoms with Gasteiger partial charge >= 0.3 is 0 Å². The van der Waals surface area contributed by atoms with E-state index in [1.54, 1.807) is 6.07 Å². The van der Waals surface area contributed by atoms with Gasteiger partial charge in [-0.05, 0) is 6.07 Å². The van der Waals surface area contributed by atoms with Crippen LogP contribution in [-0.4, -0.2) is 55.5 Å². The SMILES string of the molecule is C#CCCN1CCN(c2ccc([N+](=O)[O-])cc2C(=O)NC)CC1. The van der Waals surface area contributed by atoms with Crippen LogP contribution < -0.4 is 10.2 Å². The maximum absolute atomic E-state index is 12.1. The molecule has 0 saturated carbocycles. The Morgan fingerprint density at radius 1 is 1.39 bits per heavy atom. The van der Waals surface area contributed by atoms with Crippen molar-refractivity contribution in [2.45, 2.75) is 6.42 Å². The van der Waals surface area contributed by atoms with Crippen molar-refractivity contribution in [3.8, 4) is 12.3 Å². The van der Waals surface area contributed by atoms with Gasteiger partial charge in [-0.25, -0.2) is 0 Å². The lowest BCUT2D eigenvalue weighted by molar-refractivity contribution is -0.384. The summed E-state index contributed by atoms with van der Waals surface area (Å²) in [5.41, 5.74) is 0.977.